The van der Waals surface area contributed by atoms with E-state index in [1.807, 2.05) is 19.9 Å². The van der Waals surface area contributed by atoms with Crippen LogP contribution in [0.15, 0.2) is 12.1 Å². The van der Waals surface area contributed by atoms with Crippen molar-refractivity contribution in [2.75, 3.05) is 17.2 Å². The van der Waals surface area contributed by atoms with E-state index in [-0.39, 0.29) is 18.9 Å². The van der Waals surface area contributed by atoms with E-state index in [9.17, 15) is 17.1 Å². The number of nitrogens with zero attached hydrogens (tertiary/aromatic N) is 1. The number of amides is 1. The molecule has 0 aromatic heterocycles. The zero-order chi connectivity index (χ0) is 15.1. The molecule has 1 heterocycles. The van der Waals surface area contributed by atoms with Crippen molar-refractivity contribution in [1.29, 1.82) is 0 Å². The van der Waals surface area contributed by atoms with E-state index < -0.39 is 21.9 Å². The van der Waals surface area contributed by atoms with Crippen LogP contribution in [0, 0.1) is 19.8 Å². The highest BCUT2D eigenvalue weighted by molar-refractivity contribution is 7.86. The second-order valence-electron chi connectivity index (χ2n) is 5.19. The third-order valence-corrected chi connectivity index (χ3v) is 4.47. The largest absolute Gasteiger partial charge is 0.310 e. The number of rotatable bonds is 3. The Bertz CT molecular complexity index is 637. The Kier molecular flexibility index (Phi) is 4.07. The van der Waals surface area contributed by atoms with Crippen LogP contribution >= 0.6 is 11.6 Å². The zero-order valence-corrected chi connectivity index (χ0v) is 12.8. The van der Waals surface area contributed by atoms with Crippen LogP contribution in [-0.4, -0.2) is 26.6 Å². The van der Waals surface area contributed by atoms with Crippen molar-refractivity contribution in [2.24, 2.45) is 5.92 Å². The lowest BCUT2D eigenvalue weighted by atomic mass is 10.1. The topological polar surface area (TPSA) is 54.5 Å². The van der Waals surface area contributed by atoms with Gasteiger partial charge in [0.1, 0.15) is 0 Å². The molecule has 1 aromatic carbocycles. The third kappa shape index (κ3) is 3.30. The molecule has 1 atom stereocenters. The highest BCUT2D eigenvalue weighted by atomic mass is 35.5. The second kappa shape index (κ2) is 5.33. The minimum absolute atomic E-state index is 0.0206. The fourth-order valence-electron chi connectivity index (χ4n) is 2.64. The third-order valence-electron chi connectivity index (χ3n) is 3.31. The molecule has 1 unspecified atom stereocenters. The van der Waals surface area contributed by atoms with E-state index in [4.69, 9.17) is 11.6 Å². The molecule has 0 spiro atoms. The van der Waals surface area contributed by atoms with Gasteiger partial charge >= 0.3 is 10.2 Å². The minimum Gasteiger partial charge on any atom is -0.310 e. The van der Waals surface area contributed by atoms with Crippen LogP contribution in [-0.2, 0) is 15.0 Å². The molecular weight excluding hydrogens is 305 g/mol. The highest BCUT2D eigenvalue weighted by Crippen LogP contribution is 2.35. The summed E-state index contributed by atoms with van der Waals surface area (Å²) in [5, 5.41) is 0.444. The Labute approximate surface area is 122 Å². The summed E-state index contributed by atoms with van der Waals surface area (Å²) in [6, 6.07) is 3.64. The smallest absolute Gasteiger partial charge is 0.302 e. The lowest BCUT2D eigenvalue weighted by molar-refractivity contribution is -0.117. The van der Waals surface area contributed by atoms with Gasteiger partial charge in [-0.1, -0.05) is 17.7 Å². The van der Waals surface area contributed by atoms with Crippen LogP contribution in [0.4, 0.5) is 9.57 Å². The molecule has 110 valence electrons. The van der Waals surface area contributed by atoms with Crippen molar-refractivity contribution in [1.82, 2.24) is 0 Å². The van der Waals surface area contributed by atoms with Gasteiger partial charge in [0.2, 0.25) is 5.91 Å². The Morgan fingerprint density at radius 1 is 1.40 bits per heavy atom. The quantitative estimate of drug-likeness (QED) is 0.805. The van der Waals surface area contributed by atoms with Crippen molar-refractivity contribution >= 4 is 33.4 Å². The van der Waals surface area contributed by atoms with E-state index >= 15 is 0 Å². The van der Waals surface area contributed by atoms with Crippen molar-refractivity contribution < 1.29 is 17.1 Å². The fourth-order valence-corrected chi connectivity index (χ4v) is 3.85. The fraction of sp³-hybridized carbons (Fsp3) is 0.462. The van der Waals surface area contributed by atoms with E-state index in [0.717, 1.165) is 11.1 Å². The summed E-state index contributed by atoms with van der Waals surface area (Å²) >= 11 is 6.17. The standard InChI is InChI=1S/C13H15ClFNO3S/c1-8-3-9(2)13(11(14)4-8)16-6-10(5-12(16)17)7-20(15,18)19/h3-4,10H,5-7H2,1-2H3. The summed E-state index contributed by atoms with van der Waals surface area (Å²) in [5.74, 6) is -1.39. The number of hydrogen-bond donors (Lipinski definition) is 0. The maximum absolute atomic E-state index is 12.7. The molecule has 1 aliphatic heterocycles. The van der Waals surface area contributed by atoms with Gasteiger partial charge in [-0.25, -0.2) is 0 Å². The molecule has 7 heteroatoms. The van der Waals surface area contributed by atoms with Gasteiger partial charge in [0.25, 0.3) is 0 Å². The molecule has 1 saturated heterocycles. The van der Waals surface area contributed by atoms with E-state index in [1.165, 1.54) is 4.90 Å². The van der Waals surface area contributed by atoms with Crippen LogP contribution in [0.3, 0.4) is 0 Å². The monoisotopic (exact) mass is 319 g/mol. The van der Waals surface area contributed by atoms with E-state index in [0.29, 0.717) is 10.7 Å². The Balaban J connectivity index is 2.29. The van der Waals surface area contributed by atoms with Crippen LogP contribution < -0.4 is 4.90 Å². The molecule has 1 aromatic rings. The Morgan fingerprint density at radius 3 is 2.60 bits per heavy atom. The first-order valence-electron chi connectivity index (χ1n) is 6.17. The number of aryl methyl sites for hydroxylation is 2. The molecule has 2 rings (SSSR count). The molecule has 1 amide bonds. The number of halogens is 2. The predicted octanol–water partition coefficient (Wildman–Crippen LogP) is 2.61. The molecule has 20 heavy (non-hydrogen) atoms. The minimum atomic E-state index is -4.58. The summed E-state index contributed by atoms with van der Waals surface area (Å²) < 4.78 is 34.1. The van der Waals surface area contributed by atoms with Gasteiger partial charge in [-0.3, -0.25) is 4.79 Å². The van der Waals surface area contributed by atoms with Gasteiger partial charge in [-0.2, -0.15) is 8.42 Å². The number of anilines is 1. The van der Waals surface area contributed by atoms with Crippen LogP contribution in [0.1, 0.15) is 17.5 Å². The average molecular weight is 320 g/mol. The Morgan fingerprint density at radius 2 is 2.05 bits per heavy atom. The summed E-state index contributed by atoms with van der Waals surface area (Å²) in [4.78, 5) is 13.5. The van der Waals surface area contributed by atoms with Crippen LogP contribution in [0.25, 0.3) is 0 Å². The molecule has 0 saturated carbocycles. The number of hydrogen-bond acceptors (Lipinski definition) is 3. The van der Waals surface area contributed by atoms with Gasteiger partial charge in [-0.05, 0) is 31.0 Å². The highest BCUT2D eigenvalue weighted by Gasteiger charge is 2.35. The summed E-state index contributed by atoms with van der Waals surface area (Å²) in [7, 11) is -4.58. The number of benzene rings is 1. The lowest BCUT2D eigenvalue weighted by Crippen LogP contribution is -2.26. The van der Waals surface area contributed by atoms with Gasteiger partial charge in [-0.15, -0.1) is 3.89 Å². The number of carbonyl (C=O) groups is 1. The predicted molar refractivity (Wildman–Crippen MR) is 76.3 cm³/mol. The average Bonchev–Trinajstić information content (AvgIpc) is 2.55. The van der Waals surface area contributed by atoms with Gasteiger partial charge in [0.15, 0.2) is 0 Å². The molecule has 1 fully saturated rings. The molecule has 0 radical (unpaired) electrons. The molecule has 0 bridgehead atoms. The molecule has 0 N–H and O–H groups in total. The van der Waals surface area contributed by atoms with Crippen molar-refractivity contribution in [2.45, 2.75) is 20.3 Å². The van der Waals surface area contributed by atoms with Crippen molar-refractivity contribution in [3.8, 4) is 0 Å². The van der Waals surface area contributed by atoms with Gasteiger partial charge in [0, 0.05) is 18.9 Å². The normalized spacial score (nSPS) is 19.7. The lowest BCUT2D eigenvalue weighted by Gasteiger charge is -2.21. The maximum atomic E-state index is 12.7. The van der Waals surface area contributed by atoms with Crippen molar-refractivity contribution in [3.63, 3.8) is 0 Å². The van der Waals surface area contributed by atoms with E-state index in [2.05, 4.69) is 0 Å². The summed E-state index contributed by atoms with van der Waals surface area (Å²) in [6.45, 7) is 3.90. The van der Waals surface area contributed by atoms with Crippen LogP contribution in [0.2, 0.25) is 5.02 Å². The first-order chi connectivity index (χ1) is 9.17. The maximum Gasteiger partial charge on any atom is 0.302 e. The first kappa shape index (κ1) is 15.3. The molecule has 4 nitrogen and oxygen atoms in total. The Hall–Kier alpha value is -1.14. The van der Waals surface area contributed by atoms with Gasteiger partial charge < -0.3 is 4.90 Å². The van der Waals surface area contributed by atoms with Crippen molar-refractivity contribution in [3.05, 3.63) is 28.3 Å². The SMILES string of the molecule is Cc1cc(C)c(N2CC(CS(=O)(=O)F)CC2=O)c(Cl)c1. The van der Waals surface area contributed by atoms with Gasteiger partial charge in [0.05, 0.1) is 16.5 Å². The second-order valence-corrected chi connectivity index (χ2v) is 7.01. The summed E-state index contributed by atoms with van der Waals surface area (Å²) in [5.41, 5.74) is 2.40. The number of carbonyl (C=O) groups excluding carboxylic acids is 1. The first-order valence-corrected chi connectivity index (χ1v) is 8.10. The molecule has 1 aliphatic rings. The molecular formula is C13H15ClFNO3S. The zero-order valence-electron chi connectivity index (χ0n) is 11.2. The summed E-state index contributed by atoms with van der Waals surface area (Å²) in [6.07, 6.45) is 0.0206. The molecule has 0 aliphatic carbocycles. The van der Waals surface area contributed by atoms with Crippen LogP contribution in [0.5, 0.6) is 0 Å². The van der Waals surface area contributed by atoms with E-state index in [1.54, 1.807) is 6.07 Å².